The normalized spacial score (nSPS) is 29.9. The highest BCUT2D eigenvalue weighted by molar-refractivity contribution is 7.47. The van der Waals surface area contributed by atoms with Crippen LogP contribution in [0.25, 0.3) is 0 Å². The van der Waals surface area contributed by atoms with Gasteiger partial charge in [-0.1, -0.05) is 6.82 Å². The van der Waals surface area contributed by atoms with Crippen LogP contribution >= 0.6 is 7.82 Å². The van der Waals surface area contributed by atoms with Gasteiger partial charge in [-0.05, 0) is 34.1 Å². The molecular weight excluding hydrogens is 282 g/mol. The van der Waals surface area contributed by atoms with Crippen molar-refractivity contribution in [3.63, 3.8) is 0 Å². The summed E-state index contributed by atoms with van der Waals surface area (Å²) in [7, 11) is -2.09. The highest BCUT2D eigenvalue weighted by atomic mass is 31.2. The van der Waals surface area contributed by atoms with Crippen LogP contribution in [0, 0.1) is 0 Å². The molecule has 0 aromatic carbocycles. The summed E-state index contributed by atoms with van der Waals surface area (Å²) >= 11 is 0. The summed E-state index contributed by atoms with van der Waals surface area (Å²) in [5.41, 5.74) is 0. The van der Waals surface area contributed by atoms with Gasteiger partial charge in [0.25, 0.3) is 0 Å². The van der Waals surface area contributed by atoms with E-state index in [1.165, 1.54) is 0 Å². The third-order valence-electron chi connectivity index (χ3n) is 2.79. The second-order valence-electron chi connectivity index (χ2n) is 5.42. The SMILES string of the molecule is C[B]C1CC(OC(C)C)C(COP(=O)(O)OC(C)C)O1. The van der Waals surface area contributed by atoms with Crippen molar-refractivity contribution < 1.29 is 28.0 Å². The average Bonchev–Trinajstić information content (AvgIpc) is 2.66. The molecule has 1 heterocycles. The van der Waals surface area contributed by atoms with E-state index in [0.717, 1.165) is 6.42 Å². The quantitative estimate of drug-likeness (QED) is 0.547. The van der Waals surface area contributed by atoms with Gasteiger partial charge < -0.3 is 14.4 Å². The predicted molar refractivity (Wildman–Crippen MR) is 76.9 cm³/mol. The Bertz CT molecular complexity index is 338. The molecular formula is C12H25BO6P. The largest absolute Gasteiger partial charge is 0.472 e. The Morgan fingerprint density at radius 2 is 2.00 bits per heavy atom. The van der Waals surface area contributed by atoms with Crippen LogP contribution in [0.1, 0.15) is 34.1 Å². The summed E-state index contributed by atoms with van der Waals surface area (Å²) in [6.07, 6.45) is -0.0990. The molecule has 117 valence electrons. The van der Waals surface area contributed by atoms with Crippen molar-refractivity contribution in [1.82, 2.24) is 0 Å². The highest BCUT2D eigenvalue weighted by Crippen LogP contribution is 2.45. The van der Waals surface area contributed by atoms with Crippen molar-refractivity contribution in [2.24, 2.45) is 0 Å². The standard InChI is InChI=1S/C12H25BO6P/c1-8(2)17-10-6-12(13-5)18-11(10)7-16-20(14,15)19-9(3)4/h8-12H,6-7H2,1-5H3,(H,14,15). The van der Waals surface area contributed by atoms with Gasteiger partial charge in [0.05, 0.1) is 24.9 Å². The van der Waals surface area contributed by atoms with Crippen molar-refractivity contribution in [1.29, 1.82) is 0 Å². The van der Waals surface area contributed by atoms with Crippen molar-refractivity contribution in [3.05, 3.63) is 0 Å². The summed E-state index contributed by atoms with van der Waals surface area (Å²) in [4.78, 5) is 9.54. The van der Waals surface area contributed by atoms with Gasteiger partial charge in [-0.3, -0.25) is 9.05 Å². The van der Waals surface area contributed by atoms with Crippen LogP contribution in [0.2, 0.25) is 6.82 Å². The fraction of sp³-hybridized carbons (Fsp3) is 1.00. The molecule has 1 aliphatic heterocycles. The smallest absolute Gasteiger partial charge is 0.379 e. The maximum Gasteiger partial charge on any atom is 0.472 e. The molecule has 1 aliphatic rings. The van der Waals surface area contributed by atoms with Gasteiger partial charge in [0.15, 0.2) is 0 Å². The molecule has 1 saturated heterocycles. The van der Waals surface area contributed by atoms with Crippen molar-refractivity contribution in [3.8, 4) is 0 Å². The van der Waals surface area contributed by atoms with E-state index in [-0.39, 0.29) is 37.0 Å². The van der Waals surface area contributed by atoms with Gasteiger partial charge >= 0.3 is 7.82 Å². The summed E-state index contributed by atoms with van der Waals surface area (Å²) in [5, 5.41) is 0. The number of phosphoric ester groups is 1. The van der Waals surface area contributed by atoms with Gasteiger partial charge in [0.2, 0.25) is 0 Å². The molecule has 0 amide bonds. The summed E-state index contributed by atoms with van der Waals surface area (Å²) in [6, 6.07) is -0.0172. The van der Waals surface area contributed by atoms with Crippen LogP contribution in [0.4, 0.5) is 0 Å². The van der Waals surface area contributed by atoms with E-state index < -0.39 is 7.82 Å². The van der Waals surface area contributed by atoms with Crippen LogP contribution in [-0.4, -0.2) is 49.2 Å². The maximum atomic E-state index is 11.7. The molecule has 1 rings (SSSR count). The van der Waals surface area contributed by atoms with Crippen molar-refractivity contribution >= 4 is 15.1 Å². The molecule has 0 aromatic heterocycles. The molecule has 0 spiro atoms. The molecule has 6 nitrogen and oxygen atoms in total. The minimum absolute atomic E-state index is 0.0172. The van der Waals surface area contributed by atoms with E-state index >= 15 is 0 Å². The summed E-state index contributed by atoms with van der Waals surface area (Å²) < 4.78 is 33.0. The van der Waals surface area contributed by atoms with Gasteiger partial charge in [-0.25, -0.2) is 4.57 Å². The second-order valence-corrected chi connectivity index (χ2v) is 6.83. The van der Waals surface area contributed by atoms with Crippen LogP contribution in [0.15, 0.2) is 0 Å². The molecule has 1 N–H and O–H groups in total. The van der Waals surface area contributed by atoms with Crippen LogP contribution in [0.5, 0.6) is 0 Å². The lowest BCUT2D eigenvalue weighted by Crippen LogP contribution is -2.31. The third-order valence-corrected chi connectivity index (χ3v) is 3.96. The summed E-state index contributed by atoms with van der Waals surface area (Å²) in [6.45, 7) is 9.12. The van der Waals surface area contributed by atoms with E-state index in [9.17, 15) is 9.46 Å². The number of hydrogen-bond acceptors (Lipinski definition) is 5. The molecule has 1 radical (unpaired) electrons. The molecule has 0 aromatic rings. The number of hydrogen-bond donors (Lipinski definition) is 1. The fourth-order valence-electron chi connectivity index (χ4n) is 2.07. The zero-order valence-corrected chi connectivity index (χ0v) is 13.7. The molecule has 4 unspecified atom stereocenters. The Labute approximate surface area is 122 Å². The highest BCUT2D eigenvalue weighted by Gasteiger charge is 2.37. The number of ether oxygens (including phenoxy) is 2. The molecule has 0 aliphatic carbocycles. The first-order valence-corrected chi connectivity index (χ1v) is 8.49. The monoisotopic (exact) mass is 307 g/mol. The maximum absolute atomic E-state index is 11.7. The van der Waals surface area contributed by atoms with Gasteiger partial charge in [-0.2, -0.15) is 0 Å². The fourth-order valence-corrected chi connectivity index (χ4v) is 3.00. The lowest BCUT2D eigenvalue weighted by molar-refractivity contribution is -0.0590. The molecule has 0 bridgehead atoms. The lowest BCUT2D eigenvalue weighted by atomic mass is 9.73. The summed E-state index contributed by atoms with van der Waals surface area (Å²) in [5.74, 6) is 0. The number of phosphoric acid groups is 1. The average molecular weight is 307 g/mol. The van der Waals surface area contributed by atoms with E-state index in [1.54, 1.807) is 13.8 Å². The van der Waals surface area contributed by atoms with E-state index in [0.29, 0.717) is 0 Å². The molecule has 4 atom stereocenters. The molecule has 1 fully saturated rings. The van der Waals surface area contributed by atoms with Crippen LogP contribution < -0.4 is 0 Å². The molecule has 20 heavy (non-hydrogen) atoms. The topological polar surface area (TPSA) is 74.2 Å². The van der Waals surface area contributed by atoms with Crippen molar-refractivity contribution in [2.75, 3.05) is 6.61 Å². The van der Waals surface area contributed by atoms with E-state index in [2.05, 4.69) is 0 Å². The minimum atomic E-state index is -4.04. The Morgan fingerprint density at radius 1 is 1.35 bits per heavy atom. The van der Waals surface area contributed by atoms with Crippen LogP contribution in [0.3, 0.4) is 0 Å². The first-order chi connectivity index (χ1) is 9.23. The zero-order valence-electron chi connectivity index (χ0n) is 12.8. The Kier molecular flexibility index (Phi) is 7.19. The van der Waals surface area contributed by atoms with Gasteiger partial charge in [-0.15, -0.1) is 0 Å². The molecule has 0 saturated carbocycles. The lowest BCUT2D eigenvalue weighted by Gasteiger charge is -2.22. The minimum Gasteiger partial charge on any atom is -0.379 e. The second kappa shape index (κ2) is 7.92. The predicted octanol–water partition coefficient (Wildman–Crippen LogP) is 2.19. The Hall–Kier alpha value is 0.0949. The first kappa shape index (κ1) is 18.1. The zero-order chi connectivity index (χ0) is 15.3. The van der Waals surface area contributed by atoms with Crippen molar-refractivity contribution in [2.45, 2.75) is 71.4 Å². The molecule has 8 heteroatoms. The Morgan fingerprint density at radius 3 is 2.50 bits per heavy atom. The van der Waals surface area contributed by atoms with E-state index in [4.69, 9.17) is 18.5 Å². The van der Waals surface area contributed by atoms with Gasteiger partial charge in [0.1, 0.15) is 13.4 Å². The van der Waals surface area contributed by atoms with Crippen LogP contribution in [-0.2, 0) is 23.1 Å². The number of rotatable bonds is 8. The third kappa shape index (κ3) is 6.25. The first-order valence-electron chi connectivity index (χ1n) is 6.99. The Balaban J connectivity index is 2.53. The van der Waals surface area contributed by atoms with Gasteiger partial charge in [0, 0.05) is 6.00 Å². The van der Waals surface area contributed by atoms with E-state index in [1.807, 2.05) is 28.0 Å².